The molecule has 4 aliphatic carbocycles. The maximum Gasteiger partial charge on any atom is 0.251 e. The van der Waals surface area contributed by atoms with Crippen LogP contribution in [-0.2, 0) is 0 Å². The first kappa shape index (κ1) is 23.7. The first-order valence-electron chi connectivity index (χ1n) is 13.5. The number of benzene rings is 1. The minimum absolute atomic E-state index is 0.0190. The van der Waals surface area contributed by atoms with Gasteiger partial charge in [-0.1, -0.05) is 0 Å². The highest BCUT2D eigenvalue weighted by Crippen LogP contribution is 2.56. The normalized spacial score (nSPS) is 31.9. The summed E-state index contributed by atoms with van der Waals surface area (Å²) in [6.45, 7) is 4.07. The van der Waals surface area contributed by atoms with Gasteiger partial charge < -0.3 is 26.0 Å². The summed E-state index contributed by atoms with van der Waals surface area (Å²) in [5.74, 6) is 3.10. The van der Waals surface area contributed by atoms with Gasteiger partial charge in [-0.25, -0.2) is 4.98 Å². The summed E-state index contributed by atoms with van der Waals surface area (Å²) in [5.41, 5.74) is 2.10. The second-order valence-corrected chi connectivity index (χ2v) is 11.8. The zero-order chi connectivity index (χ0) is 24.9. The van der Waals surface area contributed by atoms with E-state index in [1.165, 1.54) is 12.8 Å². The van der Waals surface area contributed by atoms with Crippen molar-refractivity contribution in [1.29, 1.82) is 0 Å². The number of piperidine rings is 1. The SMILES string of the molecule is Cc1cnc(Nc2ccc(C(=O)NC3CCN(C)CC3)cc2)nc1NC1C2CC3CC1CC(O)(C3)C2. The zero-order valence-corrected chi connectivity index (χ0v) is 21.3. The van der Waals surface area contributed by atoms with Crippen molar-refractivity contribution in [2.45, 2.75) is 69.6 Å². The van der Waals surface area contributed by atoms with Gasteiger partial charge in [-0.3, -0.25) is 4.79 Å². The average Bonchev–Trinajstić information content (AvgIpc) is 2.84. The van der Waals surface area contributed by atoms with E-state index in [2.05, 4.69) is 32.9 Å². The van der Waals surface area contributed by atoms with Crippen LogP contribution >= 0.6 is 0 Å². The molecule has 2 atom stereocenters. The zero-order valence-electron chi connectivity index (χ0n) is 21.3. The number of amides is 1. The number of anilines is 3. The van der Waals surface area contributed by atoms with Gasteiger partial charge in [0.2, 0.25) is 5.95 Å². The van der Waals surface area contributed by atoms with Crippen LogP contribution in [0.15, 0.2) is 30.5 Å². The number of rotatable bonds is 6. The van der Waals surface area contributed by atoms with Crippen molar-refractivity contribution in [1.82, 2.24) is 20.2 Å². The average molecular weight is 491 g/mol. The fourth-order valence-corrected chi connectivity index (χ4v) is 7.28. The molecule has 1 aromatic carbocycles. The summed E-state index contributed by atoms with van der Waals surface area (Å²) >= 11 is 0. The molecule has 7 rings (SSSR count). The van der Waals surface area contributed by atoms with Crippen LogP contribution in [0.2, 0.25) is 0 Å². The molecule has 2 heterocycles. The van der Waals surface area contributed by atoms with E-state index >= 15 is 0 Å². The molecule has 1 amide bonds. The van der Waals surface area contributed by atoms with Crippen LogP contribution in [0, 0.1) is 24.7 Å². The lowest BCUT2D eigenvalue weighted by atomic mass is 9.52. The summed E-state index contributed by atoms with van der Waals surface area (Å²) in [5, 5.41) is 21.1. The molecule has 1 saturated heterocycles. The van der Waals surface area contributed by atoms with Crippen molar-refractivity contribution in [2.24, 2.45) is 17.8 Å². The fraction of sp³-hybridized carbons (Fsp3) is 0.607. The number of likely N-dealkylation sites (tertiary alicyclic amines) is 1. The van der Waals surface area contributed by atoms with Crippen LogP contribution in [0.4, 0.5) is 17.5 Å². The number of hydrogen-bond acceptors (Lipinski definition) is 7. The van der Waals surface area contributed by atoms with Crippen molar-refractivity contribution in [2.75, 3.05) is 30.8 Å². The van der Waals surface area contributed by atoms with E-state index in [0.29, 0.717) is 35.3 Å². The number of aliphatic hydroxyl groups is 1. The number of nitrogens with zero attached hydrogens (tertiary/aromatic N) is 3. The number of nitrogens with one attached hydrogen (secondary N) is 3. The lowest BCUT2D eigenvalue weighted by Crippen LogP contribution is -2.59. The van der Waals surface area contributed by atoms with E-state index in [1.807, 2.05) is 37.4 Å². The van der Waals surface area contributed by atoms with Crippen LogP contribution in [0.3, 0.4) is 0 Å². The van der Waals surface area contributed by atoms with E-state index in [4.69, 9.17) is 4.98 Å². The van der Waals surface area contributed by atoms with Crippen molar-refractivity contribution >= 4 is 23.4 Å². The minimum Gasteiger partial charge on any atom is -0.390 e. The standard InChI is InChI=1S/C28H38N6O2/c1-17-16-29-27(33-25(17)32-24-20-11-18-12-21(24)15-28(36,13-18)14-20)31-22-5-3-19(4-6-22)26(35)30-23-7-9-34(2)10-8-23/h3-6,16,18,20-21,23-24,36H,7-15H2,1-2H3,(H,30,35)(H2,29,31,32,33). The third kappa shape index (κ3) is 4.81. The first-order chi connectivity index (χ1) is 17.3. The number of aromatic nitrogens is 2. The number of hydrogen-bond donors (Lipinski definition) is 4. The molecule has 4 bridgehead atoms. The van der Waals surface area contributed by atoms with Gasteiger partial charge in [0.1, 0.15) is 5.82 Å². The van der Waals surface area contributed by atoms with Crippen molar-refractivity contribution in [3.63, 3.8) is 0 Å². The predicted octanol–water partition coefficient (Wildman–Crippen LogP) is 3.70. The lowest BCUT2D eigenvalue weighted by Gasteiger charge is -2.58. The second-order valence-electron chi connectivity index (χ2n) is 11.8. The molecule has 2 unspecified atom stereocenters. The lowest BCUT2D eigenvalue weighted by molar-refractivity contribution is -0.129. The van der Waals surface area contributed by atoms with Gasteiger partial charge in [-0.05, 0) is 114 Å². The van der Waals surface area contributed by atoms with Crippen molar-refractivity contribution < 1.29 is 9.90 Å². The van der Waals surface area contributed by atoms with E-state index in [1.54, 1.807) is 0 Å². The molecule has 8 nitrogen and oxygen atoms in total. The molecule has 192 valence electrons. The smallest absolute Gasteiger partial charge is 0.251 e. The van der Waals surface area contributed by atoms with Gasteiger partial charge in [0.15, 0.2) is 0 Å². The summed E-state index contributed by atoms with van der Waals surface area (Å²) in [7, 11) is 2.12. The molecule has 5 fully saturated rings. The Bertz CT molecular complexity index is 1100. The summed E-state index contributed by atoms with van der Waals surface area (Å²) in [4.78, 5) is 24.2. The van der Waals surface area contributed by atoms with Crippen LogP contribution in [-0.4, -0.2) is 63.7 Å². The Morgan fingerprint density at radius 1 is 1.08 bits per heavy atom. The molecule has 36 heavy (non-hydrogen) atoms. The molecule has 4 saturated carbocycles. The summed E-state index contributed by atoms with van der Waals surface area (Å²) < 4.78 is 0. The predicted molar refractivity (Wildman–Crippen MR) is 140 cm³/mol. The van der Waals surface area contributed by atoms with Crippen molar-refractivity contribution in [3.8, 4) is 0 Å². The van der Waals surface area contributed by atoms with Crippen LogP contribution in [0.5, 0.6) is 0 Å². The van der Waals surface area contributed by atoms with Crippen molar-refractivity contribution in [3.05, 3.63) is 41.6 Å². The maximum atomic E-state index is 12.7. The Labute approximate surface area is 213 Å². The first-order valence-corrected chi connectivity index (χ1v) is 13.5. The molecule has 4 N–H and O–H groups in total. The van der Waals surface area contributed by atoms with E-state index in [-0.39, 0.29) is 11.9 Å². The van der Waals surface area contributed by atoms with Gasteiger partial charge in [0.05, 0.1) is 5.60 Å². The molecular weight excluding hydrogens is 452 g/mol. The highest BCUT2D eigenvalue weighted by Gasteiger charge is 2.54. The van der Waals surface area contributed by atoms with Crippen LogP contribution < -0.4 is 16.0 Å². The third-order valence-electron chi connectivity index (χ3n) is 8.97. The van der Waals surface area contributed by atoms with Gasteiger partial charge >= 0.3 is 0 Å². The Morgan fingerprint density at radius 3 is 2.44 bits per heavy atom. The monoisotopic (exact) mass is 490 g/mol. The second kappa shape index (κ2) is 9.30. The molecular formula is C28H38N6O2. The molecule has 8 heteroatoms. The van der Waals surface area contributed by atoms with E-state index < -0.39 is 5.60 Å². The van der Waals surface area contributed by atoms with E-state index in [0.717, 1.165) is 62.3 Å². The topological polar surface area (TPSA) is 102 Å². The Kier molecular flexibility index (Phi) is 6.12. The largest absolute Gasteiger partial charge is 0.390 e. The van der Waals surface area contributed by atoms with Crippen LogP contribution in [0.1, 0.15) is 60.9 Å². The molecule has 0 spiro atoms. The fourth-order valence-electron chi connectivity index (χ4n) is 7.28. The summed E-state index contributed by atoms with van der Waals surface area (Å²) in [6.07, 6.45) is 9.07. The molecule has 1 aromatic heterocycles. The van der Waals surface area contributed by atoms with E-state index in [9.17, 15) is 9.90 Å². The maximum absolute atomic E-state index is 12.7. The molecule has 1 aliphatic heterocycles. The van der Waals surface area contributed by atoms with Crippen LogP contribution in [0.25, 0.3) is 0 Å². The Balaban J connectivity index is 1.09. The number of carbonyl (C=O) groups excluding carboxylic acids is 1. The highest BCUT2D eigenvalue weighted by atomic mass is 16.3. The third-order valence-corrected chi connectivity index (χ3v) is 8.97. The highest BCUT2D eigenvalue weighted by molar-refractivity contribution is 5.94. The Morgan fingerprint density at radius 2 is 1.78 bits per heavy atom. The van der Waals surface area contributed by atoms with Gasteiger partial charge in [0.25, 0.3) is 5.91 Å². The summed E-state index contributed by atoms with van der Waals surface area (Å²) in [6, 6.07) is 8.11. The Hall–Kier alpha value is -2.71. The molecule has 2 aromatic rings. The number of aryl methyl sites for hydroxylation is 1. The van der Waals surface area contributed by atoms with Gasteiger partial charge in [0, 0.05) is 35.1 Å². The number of carbonyl (C=O) groups is 1. The van der Waals surface area contributed by atoms with Gasteiger partial charge in [-0.15, -0.1) is 0 Å². The molecule has 0 radical (unpaired) electrons. The quantitative estimate of drug-likeness (QED) is 0.490. The molecule has 5 aliphatic rings. The minimum atomic E-state index is -0.432. The van der Waals surface area contributed by atoms with Gasteiger partial charge in [-0.2, -0.15) is 4.98 Å².